The first-order valence-electron chi connectivity index (χ1n) is 8.76. The number of nitrogens with one attached hydrogen (secondary N) is 3. The van der Waals surface area contributed by atoms with Crippen molar-refractivity contribution >= 4 is 17.7 Å². The van der Waals surface area contributed by atoms with Crippen molar-refractivity contribution in [3.63, 3.8) is 0 Å². The van der Waals surface area contributed by atoms with Crippen molar-refractivity contribution in [3.8, 4) is 11.1 Å². The number of anilines is 2. The van der Waals surface area contributed by atoms with Gasteiger partial charge < -0.3 is 0 Å². The Morgan fingerprint density at radius 3 is 2.54 bits per heavy atom. The second-order valence-electron chi connectivity index (χ2n) is 6.80. The van der Waals surface area contributed by atoms with Gasteiger partial charge in [-0.15, -0.1) is 0 Å². The maximum absolute atomic E-state index is 12.2. The molecule has 1 aliphatic carbocycles. The molecule has 0 saturated heterocycles. The molecule has 3 N–H and O–H groups in total. The van der Waals surface area contributed by atoms with Crippen molar-refractivity contribution in [2.45, 2.75) is 26.2 Å². The van der Waals surface area contributed by atoms with Crippen LogP contribution >= 0.6 is 0 Å². The van der Waals surface area contributed by atoms with Crippen LogP contribution in [0, 0.1) is 12.8 Å². The lowest BCUT2D eigenvalue weighted by Crippen LogP contribution is -2.20. The summed E-state index contributed by atoms with van der Waals surface area (Å²) in [5, 5.41) is 12.6. The van der Waals surface area contributed by atoms with Gasteiger partial charge in [0.25, 0.3) is 0 Å². The molecule has 2 aromatic heterocycles. The first-order valence-corrected chi connectivity index (χ1v) is 8.76. The van der Waals surface area contributed by atoms with Gasteiger partial charge in [0.1, 0.15) is 5.82 Å². The Morgan fingerprint density at radius 2 is 1.85 bits per heavy atom. The lowest BCUT2D eigenvalue weighted by atomic mass is 10.0. The molecule has 6 heteroatoms. The van der Waals surface area contributed by atoms with Crippen molar-refractivity contribution < 1.29 is 4.79 Å². The molecule has 26 heavy (non-hydrogen) atoms. The second-order valence-corrected chi connectivity index (χ2v) is 6.80. The number of aromatic amines is 1. The van der Waals surface area contributed by atoms with Crippen LogP contribution in [0.2, 0.25) is 0 Å². The Balaban J connectivity index is 1.41. The van der Waals surface area contributed by atoms with Gasteiger partial charge in [-0.2, -0.15) is 5.10 Å². The lowest BCUT2D eigenvalue weighted by Gasteiger charge is -2.09. The molecule has 0 radical (unpaired) electrons. The van der Waals surface area contributed by atoms with Crippen LogP contribution in [0.3, 0.4) is 0 Å². The van der Waals surface area contributed by atoms with E-state index in [1.807, 2.05) is 49.4 Å². The minimum atomic E-state index is -0.355. The smallest absolute Gasteiger partial charge is 0.292 e. The molecule has 1 fully saturated rings. The molecule has 0 bridgehead atoms. The second kappa shape index (κ2) is 6.63. The van der Waals surface area contributed by atoms with Crippen molar-refractivity contribution in [1.82, 2.24) is 15.2 Å². The molecule has 1 aromatic carbocycles. The summed E-state index contributed by atoms with van der Waals surface area (Å²) in [6.07, 6.45) is 1.17. The van der Waals surface area contributed by atoms with Crippen LogP contribution in [0.5, 0.6) is 0 Å². The molecule has 2 amide bonds. The van der Waals surface area contributed by atoms with E-state index in [1.54, 1.807) is 6.07 Å². The number of aromatic nitrogens is 3. The first kappa shape index (κ1) is 16.3. The Hall–Kier alpha value is -3.15. The van der Waals surface area contributed by atoms with E-state index in [9.17, 15) is 4.79 Å². The standard InChI is InChI=1S/C20H21N5O/c1-12-10-16(12)17-11-19(25-24-17)23-20(26)22-18-9-8-15(13(2)21-18)14-6-4-3-5-7-14/h3-9,11-12,16H,10H2,1-2H3,(H3,21,22,23,24,25,26). The average molecular weight is 347 g/mol. The van der Waals surface area contributed by atoms with E-state index >= 15 is 0 Å². The Morgan fingerprint density at radius 1 is 1.12 bits per heavy atom. The van der Waals surface area contributed by atoms with Gasteiger partial charge in [0, 0.05) is 28.9 Å². The molecule has 1 saturated carbocycles. The van der Waals surface area contributed by atoms with Crippen LogP contribution in [0.1, 0.15) is 30.7 Å². The van der Waals surface area contributed by atoms with Crippen molar-refractivity contribution in [3.05, 3.63) is 59.9 Å². The molecular weight excluding hydrogens is 326 g/mol. The third-order valence-electron chi connectivity index (χ3n) is 4.76. The van der Waals surface area contributed by atoms with Gasteiger partial charge in [-0.3, -0.25) is 15.7 Å². The minimum absolute atomic E-state index is 0.355. The lowest BCUT2D eigenvalue weighted by molar-refractivity contribution is 0.262. The van der Waals surface area contributed by atoms with Gasteiger partial charge in [-0.1, -0.05) is 37.3 Å². The number of carbonyl (C=O) groups is 1. The Kier molecular flexibility index (Phi) is 4.16. The summed E-state index contributed by atoms with van der Waals surface area (Å²) in [5.41, 5.74) is 4.09. The molecule has 1 aliphatic rings. The highest BCUT2D eigenvalue weighted by atomic mass is 16.2. The fourth-order valence-corrected chi connectivity index (χ4v) is 3.16. The zero-order chi connectivity index (χ0) is 18.1. The fourth-order valence-electron chi connectivity index (χ4n) is 3.16. The van der Waals surface area contributed by atoms with Crippen LogP contribution in [0.4, 0.5) is 16.4 Å². The molecular formula is C20H21N5O. The number of H-pyrrole nitrogens is 1. The Bertz CT molecular complexity index is 934. The first-order chi connectivity index (χ1) is 12.6. The van der Waals surface area contributed by atoms with Crippen LogP contribution in [0.25, 0.3) is 11.1 Å². The molecule has 2 unspecified atom stereocenters. The quantitative estimate of drug-likeness (QED) is 0.647. The number of carbonyl (C=O) groups excluding carboxylic acids is 1. The van der Waals surface area contributed by atoms with Gasteiger partial charge in [0.2, 0.25) is 0 Å². The SMILES string of the molecule is Cc1nc(NC(=O)Nc2cc(C3CC3C)[nH]n2)ccc1-c1ccccc1. The number of hydrogen-bond donors (Lipinski definition) is 3. The topological polar surface area (TPSA) is 82.7 Å². The summed E-state index contributed by atoms with van der Waals surface area (Å²) in [5.74, 6) is 2.25. The molecule has 6 nitrogen and oxygen atoms in total. The van der Waals surface area contributed by atoms with Crippen LogP contribution in [-0.2, 0) is 0 Å². The van der Waals surface area contributed by atoms with Crippen LogP contribution in [-0.4, -0.2) is 21.2 Å². The summed E-state index contributed by atoms with van der Waals surface area (Å²) in [6, 6.07) is 15.4. The maximum Gasteiger partial charge on any atom is 0.326 e. The number of benzene rings is 1. The Labute approximate surface area is 152 Å². The van der Waals surface area contributed by atoms with E-state index in [-0.39, 0.29) is 6.03 Å². The van der Waals surface area contributed by atoms with Crippen molar-refractivity contribution in [2.24, 2.45) is 5.92 Å². The van der Waals surface area contributed by atoms with Gasteiger partial charge in [0.15, 0.2) is 5.82 Å². The third kappa shape index (κ3) is 3.44. The van der Waals surface area contributed by atoms with E-state index in [0.717, 1.165) is 22.5 Å². The molecule has 132 valence electrons. The number of urea groups is 1. The number of rotatable bonds is 4. The fraction of sp³-hybridized carbons (Fsp3) is 0.250. The number of amides is 2. The highest BCUT2D eigenvalue weighted by Gasteiger charge is 2.35. The van der Waals surface area contributed by atoms with E-state index in [2.05, 4.69) is 32.7 Å². The monoisotopic (exact) mass is 347 g/mol. The summed E-state index contributed by atoms with van der Waals surface area (Å²) in [4.78, 5) is 16.7. The number of aryl methyl sites for hydroxylation is 1. The van der Waals surface area contributed by atoms with Crippen LogP contribution < -0.4 is 10.6 Å². The summed E-state index contributed by atoms with van der Waals surface area (Å²) in [7, 11) is 0. The summed E-state index contributed by atoms with van der Waals surface area (Å²) < 4.78 is 0. The molecule has 3 aromatic rings. The van der Waals surface area contributed by atoms with E-state index in [0.29, 0.717) is 23.5 Å². The van der Waals surface area contributed by atoms with E-state index in [4.69, 9.17) is 0 Å². The largest absolute Gasteiger partial charge is 0.326 e. The molecule has 0 aliphatic heterocycles. The highest BCUT2D eigenvalue weighted by Crippen LogP contribution is 2.46. The molecule has 0 spiro atoms. The van der Waals surface area contributed by atoms with Crippen molar-refractivity contribution in [2.75, 3.05) is 10.6 Å². The minimum Gasteiger partial charge on any atom is -0.292 e. The molecule has 2 heterocycles. The number of nitrogens with zero attached hydrogens (tertiary/aromatic N) is 2. The van der Waals surface area contributed by atoms with Crippen LogP contribution in [0.15, 0.2) is 48.5 Å². The summed E-state index contributed by atoms with van der Waals surface area (Å²) in [6.45, 7) is 4.14. The normalized spacial score (nSPS) is 18.4. The van der Waals surface area contributed by atoms with E-state index < -0.39 is 0 Å². The average Bonchev–Trinajstić information content (AvgIpc) is 3.18. The predicted octanol–water partition coefficient (Wildman–Crippen LogP) is 4.55. The van der Waals surface area contributed by atoms with Gasteiger partial charge in [0.05, 0.1) is 0 Å². The number of pyridine rings is 1. The van der Waals surface area contributed by atoms with Crippen molar-refractivity contribution in [1.29, 1.82) is 0 Å². The predicted molar refractivity (Wildman–Crippen MR) is 102 cm³/mol. The third-order valence-corrected chi connectivity index (χ3v) is 4.76. The van der Waals surface area contributed by atoms with Gasteiger partial charge >= 0.3 is 6.03 Å². The zero-order valence-corrected chi connectivity index (χ0v) is 14.8. The molecule has 2 atom stereocenters. The maximum atomic E-state index is 12.2. The number of hydrogen-bond acceptors (Lipinski definition) is 3. The van der Waals surface area contributed by atoms with Gasteiger partial charge in [-0.05, 0) is 37.0 Å². The van der Waals surface area contributed by atoms with Gasteiger partial charge in [-0.25, -0.2) is 9.78 Å². The van der Waals surface area contributed by atoms with E-state index in [1.165, 1.54) is 6.42 Å². The molecule has 4 rings (SSSR count). The highest BCUT2D eigenvalue weighted by molar-refractivity contribution is 5.98. The zero-order valence-electron chi connectivity index (χ0n) is 14.8. The summed E-state index contributed by atoms with van der Waals surface area (Å²) >= 11 is 0.